The van der Waals surface area contributed by atoms with Crippen molar-refractivity contribution < 1.29 is 9.90 Å². The lowest BCUT2D eigenvalue weighted by molar-refractivity contribution is -0.109. The lowest BCUT2D eigenvalue weighted by Crippen LogP contribution is -2.13. The van der Waals surface area contributed by atoms with E-state index in [0.29, 0.717) is 12.7 Å². The normalized spacial score (nSPS) is 12.5. The monoisotopic (exact) mass is 178 g/mol. The topological polar surface area (TPSA) is 61.1 Å². The molecule has 0 amide bonds. The van der Waals surface area contributed by atoms with Crippen molar-refractivity contribution in [3.8, 4) is 0 Å². The summed E-state index contributed by atoms with van der Waals surface area (Å²) in [5.41, 5.74) is 8.99. The summed E-state index contributed by atoms with van der Waals surface area (Å²) in [5, 5.41) is 8.84. The van der Waals surface area contributed by atoms with E-state index in [2.05, 4.69) is 0 Å². The molecule has 13 heavy (non-hydrogen) atoms. The summed E-state index contributed by atoms with van der Waals surface area (Å²) in [7, 11) is 0. The van der Waals surface area contributed by atoms with E-state index < -0.39 is 6.04 Å². The molecule has 3 heteroatoms. The maximum atomic E-state index is 10.2. The average Bonchev–Trinajstić information content (AvgIpc) is 2.18. The second kappa shape index (κ2) is 4.74. The number of carbonyl (C=O) groups is 1. The number of aliphatic hydroxyl groups excluding tert-OH is 1. The third-order valence-electron chi connectivity index (χ3n) is 1.79. The molecule has 2 N–H and O–H groups in total. The van der Waals surface area contributed by atoms with Crippen LogP contribution in [0, 0.1) is 0 Å². The Labute approximate surface area is 77.2 Å². The highest BCUT2D eigenvalue weighted by atomic mass is 16.3. The third kappa shape index (κ3) is 2.97. The molecule has 0 aliphatic carbocycles. The summed E-state index contributed by atoms with van der Waals surface area (Å²) in [6.45, 7) is -0.00238. The van der Waals surface area contributed by atoms with Crippen LogP contribution in [0.25, 0.3) is 0 Å². The molecule has 1 unspecified atom stereocenters. The van der Waals surface area contributed by atoms with Crippen LogP contribution in [0.2, 0.25) is 0 Å². The van der Waals surface area contributed by atoms with Gasteiger partial charge in [-0.25, -0.2) is 5.73 Å². The van der Waals surface area contributed by atoms with E-state index in [1.165, 1.54) is 0 Å². The highest BCUT2D eigenvalue weighted by Crippen LogP contribution is 2.06. The van der Waals surface area contributed by atoms with Gasteiger partial charge in [0.05, 0.1) is 12.6 Å². The van der Waals surface area contributed by atoms with Gasteiger partial charge in [-0.3, -0.25) is 0 Å². The number of aliphatic hydroxyl groups is 1. The summed E-state index contributed by atoms with van der Waals surface area (Å²) in [4.78, 5) is 10.2. The fourth-order valence-electron chi connectivity index (χ4n) is 1.16. The van der Waals surface area contributed by atoms with Crippen LogP contribution in [-0.4, -0.2) is 17.4 Å². The van der Waals surface area contributed by atoms with Crippen LogP contribution in [0.4, 0.5) is 0 Å². The van der Waals surface area contributed by atoms with Crippen molar-refractivity contribution >= 4 is 6.29 Å². The average molecular weight is 178 g/mol. The number of hydrogen-bond acceptors (Lipinski definition) is 2. The van der Waals surface area contributed by atoms with Gasteiger partial charge in [-0.05, 0) is 17.5 Å². The van der Waals surface area contributed by atoms with Crippen molar-refractivity contribution in [2.75, 3.05) is 0 Å². The lowest BCUT2D eigenvalue weighted by atomic mass is 10.1. The quantitative estimate of drug-likeness (QED) is 0.685. The fraction of sp³-hybridized carbons (Fsp3) is 0.300. The van der Waals surface area contributed by atoms with E-state index >= 15 is 0 Å². The molecule has 0 saturated carbocycles. The molecule has 1 aromatic rings. The summed E-state index contributed by atoms with van der Waals surface area (Å²) >= 11 is 0. The third-order valence-corrected chi connectivity index (χ3v) is 1.79. The highest BCUT2D eigenvalue weighted by Gasteiger charge is 2.02. The highest BCUT2D eigenvalue weighted by molar-refractivity contribution is 5.57. The number of hydrogen-bond donors (Lipinski definition) is 1. The molecule has 0 fully saturated rings. The van der Waals surface area contributed by atoms with E-state index in [1.807, 2.05) is 24.3 Å². The van der Waals surface area contributed by atoms with Gasteiger partial charge >= 0.3 is 0 Å². The van der Waals surface area contributed by atoms with E-state index in [4.69, 9.17) is 10.8 Å². The molecular formula is C10H12NO2. The van der Waals surface area contributed by atoms with Crippen LogP contribution in [0.5, 0.6) is 0 Å². The van der Waals surface area contributed by atoms with Gasteiger partial charge in [0, 0.05) is 0 Å². The van der Waals surface area contributed by atoms with Crippen LogP contribution in [0.3, 0.4) is 0 Å². The molecule has 1 rings (SSSR count). The van der Waals surface area contributed by atoms with Gasteiger partial charge < -0.3 is 9.90 Å². The fourth-order valence-corrected chi connectivity index (χ4v) is 1.16. The molecule has 1 aromatic carbocycles. The predicted molar refractivity (Wildman–Crippen MR) is 49.0 cm³/mol. The summed E-state index contributed by atoms with van der Waals surface area (Å²) in [6.07, 6.45) is 1.03. The summed E-state index contributed by atoms with van der Waals surface area (Å²) < 4.78 is 0. The molecule has 0 heterocycles. The number of nitrogens with one attached hydrogen (secondary N) is 1. The first kappa shape index (κ1) is 9.89. The number of rotatable bonds is 4. The molecule has 1 radical (unpaired) electrons. The second-order valence-corrected chi connectivity index (χ2v) is 2.92. The summed E-state index contributed by atoms with van der Waals surface area (Å²) in [6, 6.07) is 6.59. The Kier molecular flexibility index (Phi) is 3.61. The molecule has 0 bridgehead atoms. The zero-order valence-electron chi connectivity index (χ0n) is 7.23. The van der Waals surface area contributed by atoms with E-state index in [1.54, 1.807) is 0 Å². The maximum absolute atomic E-state index is 10.2. The Balaban J connectivity index is 2.71. The van der Waals surface area contributed by atoms with Gasteiger partial charge in [0.2, 0.25) is 0 Å². The SMILES string of the molecule is [NH]C(C=O)Cc1cccc(CO)c1. The molecule has 69 valence electrons. The van der Waals surface area contributed by atoms with Gasteiger partial charge in [0.25, 0.3) is 0 Å². The van der Waals surface area contributed by atoms with Crippen molar-refractivity contribution in [2.45, 2.75) is 19.1 Å². The Morgan fingerprint density at radius 2 is 2.15 bits per heavy atom. The summed E-state index contributed by atoms with van der Waals surface area (Å²) in [5.74, 6) is 0. The van der Waals surface area contributed by atoms with Crippen molar-refractivity contribution in [3.05, 3.63) is 35.4 Å². The molecule has 0 saturated heterocycles. The van der Waals surface area contributed by atoms with Crippen molar-refractivity contribution in [1.29, 1.82) is 0 Å². The first-order valence-corrected chi connectivity index (χ1v) is 4.11. The largest absolute Gasteiger partial charge is 0.392 e. The molecular weight excluding hydrogens is 166 g/mol. The van der Waals surface area contributed by atoms with E-state index in [9.17, 15) is 4.79 Å². The van der Waals surface area contributed by atoms with Gasteiger partial charge in [-0.15, -0.1) is 0 Å². The molecule has 3 nitrogen and oxygen atoms in total. The maximum Gasteiger partial charge on any atom is 0.138 e. The molecule has 0 spiro atoms. The Bertz CT molecular complexity index is 286. The van der Waals surface area contributed by atoms with Crippen LogP contribution in [-0.2, 0) is 17.8 Å². The number of benzene rings is 1. The van der Waals surface area contributed by atoms with Crippen molar-refractivity contribution in [1.82, 2.24) is 5.73 Å². The Morgan fingerprint density at radius 1 is 1.46 bits per heavy atom. The van der Waals surface area contributed by atoms with Crippen LogP contribution in [0.1, 0.15) is 11.1 Å². The molecule has 0 aliphatic heterocycles. The smallest absolute Gasteiger partial charge is 0.138 e. The van der Waals surface area contributed by atoms with Gasteiger partial charge in [0.1, 0.15) is 6.29 Å². The van der Waals surface area contributed by atoms with Crippen LogP contribution in [0.15, 0.2) is 24.3 Å². The van der Waals surface area contributed by atoms with Gasteiger partial charge in [-0.1, -0.05) is 24.3 Å². The van der Waals surface area contributed by atoms with Crippen LogP contribution >= 0.6 is 0 Å². The minimum absolute atomic E-state index is 0.00238. The standard InChI is InChI=1S/C10H12NO2/c11-10(7-13)5-8-2-1-3-9(4-8)6-12/h1-4,7,10-12H,5-6H2. The number of aldehydes is 1. The molecule has 0 aliphatic rings. The Morgan fingerprint density at radius 3 is 2.77 bits per heavy atom. The van der Waals surface area contributed by atoms with Crippen molar-refractivity contribution in [3.63, 3.8) is 0 Å². The Hall–Kier alpha value is -1.19. The minimum Gasteiger partial charge on any atom is -0.392 e. The zero-order chi connectivity index (χ0) is 9.68. The first-order chi connectivity index (χ1) is 6.26. The zero-order valence-corrected chi connectivity index (χ0v) is 7.23. The van der Waals surface area contributed by atoms with Crippen molar-refractivity contribution in [2.24, 2.45) is 0 Å². The molecule has 0 aromatic heterocycles. The first-order valence-electron chi connectivity index (χ1n) is 4.11. The number of carbonyl (C=O) groups excluding carboxylic acids is 1. The van der Waals surface area contributed by atoms with E-state index in [0.717, 1.165) is 11.1 Å². The van der Waals surface area contributed by atoms with Gasteiger partial charge in [-0.2, -0.15) is 0 Å². The van der Waals surface area contributed by atoms with E-state index in [-0.39, 0.29) is 6.61 Å². The molecule has 1 atom stereocenters. The second-order valence-electron chi connectivity index (χ2n) is 2.92. The predicted octanol–water partition coefficient (Wildman–Crippen LogP) is 0.572. The van der Waals surface area contributed by atoms with Gasteiger partial charge in [0.15, 0.2) is 0 Å². The van der Waals surface area contributed by atoms with Crippen LogP contribution < -0.4 is 5.73 Å². The minimum atomic E-state index is -0.700. The lowest BCUT2D eigenvalue weighted by Gasteiger charge is -2.04.